The third-order valence-corrected chi connectivity index (χ3v) is 2.95. The molecule has 1 aromatic heterocycles. The molecule has 2 rings (SSSR count). The molecule has 0 radical (unpaired) electrons. The molecule has 0 bridgehead atoms. The Morgan fingerprint density at radius 3 is 2.78 bits per heavy atom. The van der Waals surface area contributed by atoms with Crippen molar-refractivity contribution >= 4 is 29.0 Å². The van der Waals surface area contributed by atoms with Gasteiger partial charge in [0.2, 0.25) is 11.2 Å². The second-order valence-corrected chi connectivity index (χ2v) is 4.83. The molecule has 7 heteroatoms. The van der Waals surface area contributed by atoms with Gasteiger partial charge in [0.25, 0.3) is 0 Å². The Labute approximate surface area is 110 Å². The maximum Gasteiger partial charge on any atom is 0.242 e. The number of aromatic nitrogens is 2. The molecule has 0 spiro atoms. The molecule has 6 nitrogen and oxygen atoms in total. The lowest BCUT2D eigenvalue weighted by Gasteiger charge is -2.16. The Bertz CT molecular complexity index is 475. The first-order valence-corrected chi connectivity index (χ1v) is 6.21. The molecule has 0 saturated heterocycles. The lowest BCUT2D eigenvalue weighted by Crippen LogP contribution is -2.39. The normalized spacial score (nSPS) is 16.2. The molecule has 1 saturated carbocycles. The molecule has 1 fully saturated rings. The van der Waals surface area contributed by atoms with Crippen LogP contribution in [-0.4, -0.2) is 28.0 Å². The summed E-state index contributed by atoms with van der Waals surface area (Å²) in [5.74, 6) is 0.329. The van der Waals surface area contributed by atoms with E-state index < -0.39 is 6.04 Å². The van der Waals surface area contributed by atoms with Crippen molar-refractivity contribution in [1.29, 1.82) is 0 Å². The first-order valence-electron chi connectivity index (χ1n) is 5.84. The number of carbonyl (C=O) groups is 1. The molecule has 4 N–H and O–H groups in total. The quantitative estimate of drug-likeness (QED) is 0.712. The summed E-state index contributed by atoms with van der Waals surface area (Å²) in [6.45, 7) is 3.49. The lowest BCUT2D eigenvalue weighted by atomic mass is 10.3. The summed E-state index contributed by atoms with van der Waals surface area (Å²) in [6.07, 6.45) is 2.11. The molecular formula is C11H16ClN5O. The second-order valence-electron chi connectivity index (χ2n) is 4.49. The Balaban J connectivity index is 2.05. The van der Waals surface area contributed by atoms with Crippen LogP contribution in [0.4, 0.5) is 11.5 Å². The number of nitrogens with zero attached hydrogens (tertiary/aromatic N) is 2. The van der Waals surface area contributed by atoms with Gasteiger partial charge in [0.1, 0.15) is 6.04 Å². The Hall–Kier alpha value is -1.56. The van der Waals surface area contributed by atoms with E-state index in [2.05, 4.69) is 20.6 Å². The van der Waals surface area contributed by atoms with Gasteiger partial charge in [-0.1, -0.05) is 0 Å². The first-order chi connectivity index (χ1) is 8.47. The van der Waals surface area contributed by atoms with Crippen molar-refractivity contribution in [2.75, 3.05) is 11.1 Å². The van der Waals surface area contributed by atoms with Gasteiger partial charge in [-0.3, -0.25) is 4.79 Å². The van der Waals surface area contributed by atoms with Crippen LogP contribution >= 0.6 is 11.6 Å². The average molecular weight is 270 g/mol. The molecule has 1 amide bonds. The van der Waals surface area contributed by atoms with E-state index in [0.29, 0.717) is 23.2 Å². The molecule has 1 unspecified atom stereocenters. The van der Waals surface area contributed by atoms with Gasteiger partial charge in [-0.15, -0.1) is 0 Å². The van der Waals surface area contributed by atoms with E-state index in [4.69, 9.17) is 17.3 Å². The highest BCUT2D eigenvalue weighted by atomic mass is 35.5. The number of halogens is 1. The smallest absolute Gasteiger partial charge is 0.242 e. The van der Waals surface area contributed by atoms with Gasteiger partial charge < -0.3 is 16.4 Å². The minimum absolute atomic E-state index is 0.0655. The molecule has 1 atom stereocenters. The summed E-state index contributed by atoms with van der Waals surface area (Å²) in [7, 11) is 0. The summed E-state index contributed by atoms with van der Waals surface area (Å²) >= 11 is 5.76. The van der Waals surface area contributed by atoms with Crippen LogP contribution in [-0.2, 0) is 4.79 Å². The lowest BCUT2D eigenvalue weighted by molar-refractivity contribution is -0.121. The van der Waals surface area contributed by atoms with Crippen molar-refractivity contribution in [3.63, 3.8) is 0 Å². The van der Waals surface area contributed by atoms with Crippen molar-refractivity contribution in [2.45, 2.75) is 38.8 Å². The second kappa shape index (κ2) is 4.97. The standard InChI is InChI=1S/C11H16ClN5O/c1-5-8(13)9(17-11(12)15-5)14-6(2)10(18)16-7-3-4-7/h6-7H,3-4,13H2,1-2H3,(H,16,18)(H,14,15,17). The molecule has 18 heavy (non-hydrogen) atoms. The largest absolute Gasteiger partial charge is 0.394 e. The summed E-state index contributed by atoms with van der Waals surface area (Å²) in [5.41, 5.74) is 6.83. The zero-order chi connectivity index (χ0) is 13.3. The molecule has 1 aliphatic rings. The number of nitrogens with two attached hydrogens (primary N) is 1. The zero-order valence-electron chi connectivity index (χ0n) is 10.3. The maximum atomic E-state index is 11.8. The Morgan fingerprint density at radius 1 is 1.50 bits per heavy atom. The minimum Gasteiger partial charge on any atom is -0.394 e. The van der Waals surface area contributed by atoms with Gasteiger partial charge in [0.05, 0.1) is 11.4 Å². The van der Waals surface area contributed by atoms with Gasteiger partial charge in [-0.2, -0.15) is 4.98 Å². The molecule has 0 aromatic carbocycles. The number of anilines is 2. The van der Waals surface area contributed by atoms with Crippen LogP contribution in [0.3, 0.4) is 0 Å². The highest BCUT2D eigenvalue weighted by Crippen LogP contribution is 2.22. The fraction of sp³-hybridized carbons (Fsp3) is 0.545. The molecular weight excluding hydrogens is 254 g/mol. The predicted octanol–water partition coefficient (Wildman–Crippen LogP) is 1.10. The van der Waals surface area contributed by atoms with Gasteiger partial charge >= 0.3 is 0 Å². The van der Waals surface area contributed by atoms with E-state index in [9.17, 15) is 4.79 Å². The fourth-order valence-electron chi connectivity index (χ4n) is 1.48. The predicted molar refractivity (Wildman–Crippen MR) is 70.4 cm³/mol. The Morgan fingerprint density at radius 2 is 2.17 bits per heavy atom. The molecule has 1 aliphatic carbocycles. The van der Waals surface area contributed by atoms with Crippen molar-refractivity contribution in [3.8, 4) is 0 Å². The zero-order valence-corrected chi connectivity index (χ0v) is 11.1. The van der Waals surface area contributed by atoms with E-state index in [0.717, 1.165) is 12.8 Å². The number of hydrogen-bond donors (Lipinski definition) is 3. The number of amides is 1. The third-order valence-electron chi connectivity index (χ3n) is 2.78. The van der Waals surface area contributed by atoms with Crippen LogP contribution < -0.4 is 16.4 Å². The summed E-state index contributed by atoms with van der Waals surface area (Å²) in [6, 6.07) is -0.0897. The van der Waals surface area contributed by atoms with Gasteiger partial charge in [0.15, 0.2) is 5.82 Å². The van der Waals surface area contributed by atoms with Crippen molar-refractivity contribution in [2.24, 2.45) is 0 Å². The average Bonchev–Trinajstić information content (AvgIpc) is 3.08. The molecule has 1 heterocycles. The van der Waals surface area contributed by atoms with Crippen molar-refractivity contribution in [1.82, 2.24) is 15.3 Å². The maximum absolute atomic E-state index is 11.8. The molecule has 98 valence electrons. The summed E-state index contributed by atoms with van der Waals surface area (Å²) in [4.78, 5) is 19.7. The Kier molecular flexibility index (Phi) is 3.56. The van der Waals surface area contributed by atoms with Crippen LogP contribution in [0.5, 0.6) is 0 Å². The SMILES string of the molecule is Cc1nc(Cl)nc(NC(C)C(=O)NC2CC2)c1N. The number of nitrogen functional groups attached to an aromatic ring is 1. The topological polar surface area (TPSA) is 92.9 Å². The number of nitrogens with one attached hydrogen (secondary N) is 2. The summed E-state index contributed by atoms with van der Waals surface area (Å²) in [5, 5.41) is 5.97. The van der Waals surface area contributed by atoms with Crippen LogP contribution in [0.2, 0.25) is 5.28 Å². The van der Waals surface area contributed by atoms with Gasteiger partial charge in [-0.25, -0.2) is 4.98 Å². The van der Waals surface area contributed by atoms with Crippen LogP contribution in [0.1, 0.15) is 25.5 Å². The van der Waals surface area contributed by atoms with Gasteiger partial charge in [-0.05, 0) is 38.3 Å². The fourth-order valence-corrected chi connectivity index (χ4v) is 1.69. The minimum atomic E-state index is -0.418. The number of hydrogen-bond acceptors (Lipinski definition) is 5. The molecule has 1 aromatic rings. The van der Waals surface area contributed by atoms with Crippen molar-refractivity contribution < 1.29 is 4.79 Å². The van der Waals surface area contributed by atoms with Crippen LogP contribution in [0.25, 0.3) is 0 Å². The van der Waals surface area contributed by atoms with E-state index >= 15 is 0 Å². The molecule has 0 aliphatic heterocycles. The summed E-state index contributed by atoms with van der Waals surface area (Å²) < 4.78 is 0. The van der Waals surface area contributed by atoms with Crippen LogP contribution in [0.15, 0.2) is 0 Å². The first kappa shape index (κ1) is 12.9. The van der Waals surface area contributed by atoms with Gasteiger partial charge in [0, 0.05) is 6.04 Å². The monoisotopic (exact) mass is 269 g/mol. The third kappa shape index (κ3) is 3.01. The van der Waals surface area contributed by atoms with E-state index in [-0.39, 0.29) is 11.2 Å². The van der Waals surface area contributed by atoms with E-state index in [1.807, 2.05) is 0 Å². The highest BCUT2D eigenvalue weighted by molar-refractivity contribution is 6.28. The highest BCUT2D eigenvalue weighted by Gasteiger charge is 2.26. The number of aryl methyl sites for hydroxylation is 1. The van der Waals surface area contributed by atoms with E-state index in [1.54, 1.807) is 13.8 Å². The van der Waals surface area contributed by atoms with Crippen molar-refractivity contribution in [3.05, 3.63) is 11.0 Å². The number of carbonyl (C=O) groups excluding carboxylic acids is 1. The van der Waals surface area contributed by atoms with Crippen LogP contribution in [0, 0.1) is 6.92 Å². The van der Waals surface area contributed by atoms with E-state index in [1.165, 1.54) is 0 Å². The number of rotatable bonds is 4.